The molecule has 1 nitrogen and oxygen atoms in total. The van der Waals surface area contributed by atoms with Crippen molar-refractivity contribution in [1.29, 1.82) is 0 Å². The summed E-state index contributed by atoms with van der Waals surface area (Å²) in [6.07, 6.45) is 5.47. The first-order valence-corrected chi connectivity index (χ1v) is 14.9. The zero-order valence-electron chi connectivity index (χ0n) is 15.7. The van der Waals surface area contributed by atoms with Gasteiger partial charge in [-0.05, 0) is 0 Å². The number of aliphatic hydroxyl groups excluding tert-OH is 1. The molecule has 0 unspecified atom stereocenters. The fourth-order valence-electron chi connectivity index (χ4n) is 3.93. The van der Waals surface area contributed by atoms with E-state index in [1.54, 1.807) is 0 Å². The van der Waals surface area contributed by atoms with Crippen LogP contribution in [0.25, 0.3) is 0 Å². The molecule has 0 saturated heterocycles. The molecule has 3 aromatic rings. The van der Waals surface area contributed by atoms with E-state index >= 15 is 0 Å². The van der Waals surface area contributed by atoms with Crippen molar-refractivity contribution in [2.24, 2.45) is 0 Å². The Morgan fingerprint density at radius 2 is 0.926 bits per heavy atom. The Morgan fingerprint density at radius 3 is 1.30 bits per heavy atom. The molecule has 3 heteroatoms. The molecule has 0 aliphatic rings. The first kappa shape index (κ1) is 20.5. The summed E-state index contributed by atoms with van der Waals surface area (Å²) in [6.45, 7) is 0.296. The van der Waals surface area contributed by atoms with Crippen LogP contribution in [0.2, 0.25) is 0 Å². The summed E-state index contributed by atoms with van der Waals surface area (Å²) in [5, 5.41) is 13.5. The molecule has 0 fully saturated rings. The van der Waals surface area contributed by atoms with Crippen molar-refractivity contribution >= 4 is 42.2 Å². The molecular weight excluding hydrogens is 462 g/mol. The summed E-state index contributed by atoms with van der Waals surface area (Å²) in [6, 6.07) is 33.3. The van der Waals surface area contributed by atoms with Crippen LogP contribution in [-0.2, 0) is 0 Å². The Hall–Kier alpha value is -1.22. The van der Waals surface area contributed by atoms with Crippen molar-refractivity contribution in [3.63, 3.8) is 0 Å². The van der Waals surface area contributed by atoms with Gasteiger partial charge in [0.2, 0.25) is 0 Å². The molecule has 0 radical (unpaired) electrons. The predicted molar refractivity (Wildman–Crippen MR) is 130 cm³/mol. The minimum absolute atomic E-state index is 0.296. The van der Waals surface area contributed by atoms with E-state index in [-0.39, 0.29) is 0 Å². The van der Waals surface area contributed by atoms with E-state index in [0.29, 0.717) is 6.61 Å². The van der Waals surface area contributed by atoms with Gasteiger partial charge >= 0.3 is 177 Å². The van der Waals surface area contributed by atoms with Crippen molar-refractivity contribution in [3.05, 3.63) is 91.0 Å². The van der Waals surface area contributed by atoms with Gasteiger partial charge in [0.05, 0.1) is 0 Å². The molecule has 0 bridgehead atoms. The van der Waals surface area contributed by atoms with Gasteiger partial charge in [0.1, 0.15) is 0 Å². The van der Waals surface area contributed by atoms with Crippen LogP contribution in [0, 0.1) is 0 Å². The van der Waals surface area contributed by atoms with Gasteiger partial charge in [0, 0.05) is 0 Å². The molecule has 0 aliphatic heterocycles. The van der Waals surface area contributed by atoms with E-state index in [0.717, 1.165) is 25.4 Å². The van der Waals surface area contributed by atoms with Crippen LogP contribution in [0.1, 0.15) is 25.7 Å². The van der Waals surface area contributed by atoms with Crippen molar-refractivity contribution in [3.8, 4) is 0 Å². The minimum atomic E-state index is -2.59. The number of aliphatic hydroxyl groups is 1. The van der Waals surface area contributed by atoms with Gasteiger partial charge in [0.25, 0.3) is 0 Å². The van der Waals surface area contributed by atoms with Crippen LogP contribution in [0.4, 0.5) is 0 Å². The molecule has 0 spiro atoms. The Bertz CT molecular complexity index is 721. The molecule has 1 N–H and O–H groups in total. The van der Waals surface area contributed by atoms with E-state index in [2.05, 4.69) is 113 Å². The number of benzene rings is 3. The van der Waals surface area contributed by atoms with Gasteiger partial charge in [-0.25, -0.2) is 0 Å². The van der Waals surface area contributed by atoms with Gasteiger partial charge in [-0.2, -0.15) is 0 Å². The third-order valence-corrected chi connectivity index (χ3v) is 17.1. The molecule has 0 aromatic heterocycles. The summed E-state index contributed by atoms with van der Waals surface area (Å²) in [4.78, 5) is 0. The van der Waals surface area contributed by atoms with Gasteiger partial charge < -0.3 is 0 Å². The van der Waals surface area contributed by atoms with Crippen molar-refractivity contribution in [2.75, 3.05) is 12.8 Å². The molecular formula is C24H28IOP. The number of unbranched alkanes of at least 4 members (excludes halogenated alkanes) is 3. The van der Waals surface area contributed by atoms with E-state index < -0.39 is 4.25 Å². The van der Waals surface area contributed by atoms with E-state index in [1.807, 2.05) is 0 Å². The summed E-state index contributed by atoms with van der Waals surface area (Å²) < 4.78 is -2.59. The third kappa shape index (κ3) is 4.13. The first-order chi connectivity index (χ1) is 13.2. The summed E-state index contributed by atoms with van der Waals surface area (Å²) >= 11 is 2.85. The quantitative estimate of drug-likeness (QED) is 0.241. The molecule has 0 aliphatic carbocycles. The summed E-state index contributed by atoms with van der Waals surface area (Å²) in [5.41, 5.74) is 0. The normalized spacial score (nSPS) is 13.0. The molecule has 3 rings (SSSR count). The second kappa shape index (κ2) is 9.32. The van der Waals surface area contributed by atoms with Gasteiger partial charge in [-0.1, -0.05) is 0 Å². The van der Waals surface area contributed by atoms with Gasteiger partial charge in [-0.3, -0.25) is 0 Å². The third-order valence-electron chi connectivity index (χ3n) is 5.37. The fraction of sp³-hybridized carbons (Fsp3) is 0.250. The van der Waals surface area contributed by atoms with E-state index in [1.165, 1.54) is 22.3 Å². The average molecular weight is 490 g/mol. The molecule has 142 valence electrons. The van der Waals surface area contributed by atoms with Crippen LogP contribution in [-0.4, -0.2) is 17.9 Å². The van der Waals surface area contributed by atoms with Crippen molar-refractivity contribution in [2.45, 2.75) is 25.7 Å². The second-order valence-electron chi connectivity index (χ2n) is 7.05. The Morgan fingerprint density at radius 1 is 0.556 bits per heavy atom. The number of halogens is 1. The van der Waals surface area contributed by atoms with E-state index in [9.17, 15) is 0 Å². The second-order valence-corrected chi connectivity index (χ2v) is 17.8. The predicted octanol–water partition coefficient (Wildman–Crippen LogP) is 5.42. The number of hydrogen-bond donors (Lipinski definition) is 1. The number of hydrogen-bond acceptors (Lipinski definition) is 1. The summed E-state index contributed by atoms with van der Waals surface area (Å²) in [5.74, 6) is 0. The molecule has 0 saturated carbocycles. The molecule has 27 heavy (non-hydrogen) atoms. The molecule has 0 atom stereocenters. The zero-order chi connectivity index (χ0) is 19.0. The maximum atomic E-state index is 9.12. The Balaban J connectivity index is 2.16. The zero-order valence-corrected chi connectivity index (χ0v) is 18.7. The topological polar surface area (TPSA) is 20.2 Å². The number of rotatable bonds is 9. The maximum absolute atomic E-state index is 9.12. The Labute approximate surface area is 176 Å². The standard InChI is InChI=1S/C24H28IOP/c25-27(21-13-2-1-12-20-26,22-14-6-3-7-15-22,23-16-8-4-9-17-23)24-18-10-5-11-19-24/h3-11,14-19,26H,1-2,12-13,20-21H2. The van der Waals surface area contributed by atoms with Crippen LogP contribution < -0.4 is 15.9 Å². The van der Waals surface area contributed by atoms with Crippen LogP contribution in [0.15, 0.2) is 91.0 Å². The van der Waals surface area contributed by atoms with Crippen LogP contribution in [0.5, 0.6) is 0 Å². The summed E-state index contributed by atoms with van der Waals surface area (Å²) in [7, 11) is 0. The Kier molecular flexibility index (Phi) is 7.08. The van der Waals surface area contributed by atoms with Gasteiger partial charge in [-0.15, -0.1) is 0 Å². The van der Waals surface area contributed by atoms with E-state index in [4.69, 9.17) is 5.11 Å². The van der Waals surface area contributed by atoms with Crippen molar-refractivity contribution in [1.82, 2.24) is 0 Å². The average Bonchev–Trinajstić information content (AvgIpc) is 2.75. The monoisotopic (exact) mass is 490 g/mol. The van der Waals surface area contributed by atoms with Crippen LogP contribution in [0.3, 0.4) is 0 Å². The SMILES string of the molecule is OCCCCCCP(I)(c1ccccc1)(c1ccccc1)c1ccccc1. The van der Waals surface area contributed by atoms with Gasteiger partial charge in [0.15, 0.2) is 0 Å². The fourth-order valence-corrected chi connectivity index (χ4v) is 12.7. The van der Waals surface area contributed by atoms with Crippen molar-refractivity contribution < 1.29 is 5.11 Å². The first-order valence-electron chi connectivity index (χ1n) is 9.70. The molecule has 3 aromatic carbocycles. The molecule has 0 amide bonds. The van der Waals surface area contributed by atoms with Crippen LogP contribution >= 0.6 is 26.3 Å². The molecule has 0 heterocycles.